The molecule has 0 bridgehead atoms. The van der Waals surface area contributed by atoms with E-state index in [2.05, 4.69) is 35.3 Å². The zero-order chi connectivity index (χ0) is 19.4. The number of aromatic nitrogens is 1. The highest BCUT2D eigenvalue weighted by Gasteiger charge is 2.26. The molecule has 3 rings (SSSR count). The normalized spacial score (nSPS) is 13.6. The van der Waals surface area contributed by atoms with E-state index >= 15 is 0 Å². The zero-order valence-electron chi connectivity index (χ0n) is 15.9. The molecule has 2 N–H and O–H groups in total. The van der Waals surface area contributed by atoms with Gasteiger partial charge in [0.2, 0.25) is 0 Å². The van der Waals surface area contributed by atoms with E-state index in [4.69, 9.17) is 4.74 Å². The predicted molar refractivity (Wildman–Crippen MR) is 104 cm³/mol. The summed E-state index contributed by atoms with van der Waals surface area (Å²) < 4.78 is 7.66. The van der Waals surface area contributed by atoms with Crippen molar-refractivity contribution in [1.82, 2.24) is 15.4 Å². The molecule has 0 aliphatic heterocycles. The summed E-state index contributed by atoms with van der Waals surface area (Å²) in [4.78, 5) is 24.1. The van der Waals surface area contributed by atoms with Crippen LogP contribution in [0.3, 0.4) is 0 Å². The maximum absolute atomic E-state index is 12.1. The highest BCUT2D eigenvalue weighted by molar-refractivity contribution is 5.98. The molecule has 0 atom stereocenters. The molecule has 6 heteroatoms. The van der Waals surface area contributed by atoms with Gasteiger partial charge in [-0.2, -0.15) is 0 Å². The fourth-order valence-corrected chi connectivity index (χ4v) is 3.13. The molecule has 27 heavy (non-hydrogen) atoms. The summed E-state index contributed by atoms with van der Waals surface area (Å²) >= 11 is 0. The van der Waals surface area contributed by atoms with Crippen molar-refractivity contribution in [2.75, 3.05) is 6.61 Å². The third-order valence-electron chi connectivity index (χ3n) is 4.58. The van der Waals surface area contributed by atoms with Crippen LogP contribution in [0, 0.1) is 13.8 Å². The van der Waals surface area contributed by atoms with E-state index in [1.165, 1.54) is 24.6 Å². The van der Waals surface area contributed by atoms with E-state index in [1.807, 2.05) is 6.92 Å². The molecule has 2 amide bonds. The Hall–Kier alpha value is -3.02. The van der Waals surface area contributed by atoms with Crippen LogP contribution in [-0.4, -0.2) is 23.0 Å². The van der Waals surface area contributed by atoms with Gasteiger partial charge in [-0.05, 0) is 75.6 Å². The summed E-state index contributed by atoms with van der Waals surface area (Å²) in [6.07, 6.45) is 5.65. The largest absolute Gasteiger partial charge is 0.494 e. The van der Waals surface area contributed by atoms with Crippen molar-refractivity contribution in [2.45, 2.75) is 39.7 Å². The lowest BCUT2D eigenvalue weighted by atomic mass is 10.2. The molecular formula is C21H25N3O3. The van der Waals surface area contributed by atoms with Gasteiger partial charge in [-0.15, -0.1) is 0 Å². The summed E-state index contributed by atoms with van der Waals surface area (Å²) in [6.45, 7) is 6.61. The molecule has 1 saturated carbocycles. The number of amides is 2. The van der Waals surface area contributed by atoms with Gasteiger partial charge in [-0.25, -0.2) is 0 Å². The molecule has 0 spiro atoms. The Kier molecular flexibility index (Phi) is 5.64. The average Bonchev–Trinajstić information content (AvgIpc) is 3.44. The molecule has 1 aliphatic rings. The molecular weight excluding hydrogens is 342 g/mol. The number of carbonyl (C=O) groups excluding carboxylic acids is 2. The number of ether oxygens (including phenoxy) is 1. The quantitative estimate of drug-likeness (QED) is 0.608. The summed E-state index contributed by atoms with van der Waals surface area (Å²) in [5.74, 6) is -0.0676. The van der Waals surface area contributed by atoms with Gasteiger partial charge in [0.15, 0.2) is 0 Å². The maximum Gasteiger partial charge on any atom is 0.269 e. The highest BCUT2D eigenvalue weighted by Crippen LogP contribution is 2.38. The number of nitrogens with one attached hydrogen (secondary N) is 2. The Labute approximate surface area is 159 Å². The molecule has 1 aromatic carbocycles. The molecule has 1 aromatic heterocycles. The number of hydrogen-bond acceptors (Lipinski definition) is 3. The van der Waals surface area contributed by atoms with E-state index in [0.717, 1.165) is 11.3 Å². The Morgan fingerprint density at radius 2 is 1.89 bits per heavy atom. The lowest BCUT2D eigenvalue weighted by molar-refractivity contribution is -0.117. The van der Waals surface area contributed by atoms with Crippen LogP contribution in [0.15, 0.2) is 36.4 Å². The zero-order valence-corrected chi connectivity index (χ0v) is 15.9. The first-order valence-corrected chi connectivity index (χ1v) is 9.19. The Morgan fingerprint density at radius 1 is 1.19 bits per heavy atom. The van der Waals surface area contributed by atoms with Crippen LogP contribution in [0.2, 0.25) is 0 Å². The molecule has 0 saturated heterocycles. The SMILES string of the molecule is CCOc1ccc(C(=O)NNC(=O)/C=C/c2cc(C)n(C3CC3)c2C)cc1. The van der Waals surface area contributed by atoms with E-state index in [9.17, 15) is 9.59 Å². The summed E-state index contributed by atoms with van der Waals surface area (Å²) in [6, 6.07) is 9.42. The fourth-order valence-electron chi connectivity index (χ4n) is 3.13. The van der Waals surface area contributed by atoms with Gasteiger partial charge >= 0.3 is 0 Å². The van der Waals surface area contributed by atoms with Gasteiger partial charge in [-0.3, -0.25) is 20.4 Å². The number of aryl methyl sites for hydroxylation is 1. The maximum atomic E-state index is 12.1. The van der Waals surface area contributed by atoms with Crippen LogP contribution >= 0.6 is 0 Å². The van der Waals surface area contributed by atoms with Crippen LogP contribution in [0.1, 0.15) is 53.1 Å². The van der Waals surface area contributed by atoms with Crippen LogP contribution < -0.4 is 15.6 Å². The lowest BCUT2D eigenvalue weighted by Gasteiger charge is -2.07. The number of hydrazine groups is 1. The van der Waals surface area contributed by atoms with Crippen molar-refractivity contribution in [3.63, 3.8) is 0 Å². The molecule has 0 unspecified atom stereocenters. The second-order valence-corrected chi connectivity index (χ2v) is 6.66. The first-order chi connectivity index (χ1) is 13.0. The Balaban J connectivity index is 1.54. The van der Waals surface area contributed by atoms with E-state index < -0.39 is 0 Å². The molecule has 6 nitrogen and oxygen atoms in total. The highest BCUT2D eigenvalue weighted by atomic mass is 16.5. The third-order valence-corrected chi connectivity index (χ3v) is 4.58. The van der Waals surface area contributed by atoms with Gasteiger partial charge < -0.3 is 9.30 Å². The fraction of sp³-hybridized carbons (Fsp3) is 0.333. The Morgan fingerprint density at radius 3 is 2.52 bits per heavy atom. The van der Waals surface area contributed by atoms with Crippen molar-refractivity contribution in [1.29, 1.82) is 0 Å². The van der Waals surface area contributed by atoms with Crippen molar-refractivity contribution < 1.29 is 14.3 Å². The van der Waals surface area contributed by atoms with Crippen LogP contribution in [0.5, 0.6) is 5.75 Å². The number of benzene rings is 1. The minimum absolute atomic E-state index is 0.383. The molecule has 0 radical (unpaired) electrons. The van der Waals surface area contributed by atoms with Gasteiger partial charge in [0.05, 0.1) is 6.61 Å². The molecule has 2 aromatic rings. The first kappa shape index (κ1) is 18.8. The third kappa shape index (κ3) is 4.58. The van der Waals surface area contributed by atoms with Crippen molar-refractivity contribution in [3.05, 3.63) is 58.9 Å². The topological polar surface area (TPSA) is 72.4 Å². The molecule has 1 heterocycles. The van der Waals surface area contributed by atoms with Crippen LogP contribution in [0.25, 0.3) is 6.08 Å². The van der Waals surface area contributed by atoms with E-state index in [1.54, 1.807) is 30.3 Å². The van der Waals surface area contributed by atoms with Gasteiger partial charge in [-0.1, -0.05) is 0 Å². The van der Waals surface area contributed by atoms with Crippen LogP contribution in [-0.2, 0) is 4.79 Å². The lowest BCUT2D eigenvalue weighted by Crippen LogP contribution is -2.40. The monoisotopic (exact) mass is 367 g/mol. The Bertz CT molecular complexity index is 862. The molecule has 142 valence electrons. The summed E-state index contributed by atoms with van der Waals surface area (Å²) in [7, 11) is 0. The van der Waals surface area contributed by atoms with Gasteiger partial charge in [0.1, 0.15) is 5.75 Å². The summed E-state index contributed by atoms with van der Waals surface area (Å²) in [5.41, 5.74) is 8.65. The van der Waals surface area contributed by atoms with E-state index in [-0.39, 0.29) is 11.8 Å². The standard InChI is InChI=1S/C21H25N3O3/c1-4-27-19-10-5-16(6-11-19)21(26)23-22-20(25)12-7-17-13-14(2)24(15(17)3)18-8-9-18/h5-7,10-13,18H,4,8-9H2,1-3H3,(H,22,25)(H,23,26)/b12-7+. The van der Waals surface area contributed by atoms with Crippen LogP contribution in [0.4, 0.5) is 0 Å². The van der Waals surface area contributed by atoms with Crippen molar-refractivity contribution in [3.8, 4) is 5.75 Å². The van der Waals surface area contributed by atoms with Crippen molar-refractivity contribution in [2.24, 2.45) is 0 Å². The number of carbonyl (C=O) groups is 2. The molecule has 1 aliphatic carbocycles. The second kappa shape index (κ2) is 8.12. The number of nitrogens with zero attached hydrogens (tertiary/aromatic N) is 1. The minimum atomic E-state index is -0.384. The second-order valence-electron chi connectivity index (χ2n) is 6.66. The summed E-state index contributed by atoms with van der Waals surface area (Å²) in [5, 5.41) is 0. The smallest absolute Gasteiger partial charge is 0.269 e. The molecule has 1 fully saturated rings. The number of rotatable bonds is 6. The predicted octanol–water partition coefficient (Wildman–Crippen LogP) is 3.31. The number of hydrogen-bond donors (Lipinski definition) is 2. The van der Waals surface area contributed by atoms with Crippen molar-refractivity contribution >= 4 is 17.9 Å². The minimum Gasteiger partial charge on any atom is -0.494 e. The average molecular weight is 367 g/mol. The first-order valence-electron chi connectivity index (χ1n) is 9.19. The van der Waals surface area contributed by atoms with Gasteiger partial charge in [0, 0.05) is 29.1 Å². The van der Waals surface area contributed by atoms with Gasteiger partial charge in [0.25, 0.3) is 11.8 Å². The van der Waals surface area contributed by atoms with E-state index in [0.29, 0.717) is 24.0 Å².